The van der Waals surface area contributed by atoms with Gasteiger partial charge in [-0.3, -0.25) is 14.5 Å². The molecular weight excluding hydrogens is 244 g/mol. The number of hydrogen-bond acceptors (Lipinski definition) is 3. The first-order chi connectivity index (χ1) is 8.91. The van der Waals surface area contributed by atoms with E-state index in [2.05, 4.69) is 0 Å². The van der Waals surface area contributed by atoms with Crippen molar-refractivity contribution in [3.63, 3.8) is 0 Å². The Kier molecular flexibility index (Phi) is 5.51. The topological polar surface area (TPSA) is 83.6 Å². The number of carbonyl (C=O) groups is 2. The number of rotatable bonds is 7. The van der Waals surface area contributed by atoms with Gasteiger partial charge in [0.05, 0.1) is 12.5 Å². The Morgan fingerprint density at radius 3 is 2.32 bits per heavy atom. The lowest BCUT2D eigenvalue weighted by atomic mass is 10.0. The molecule has 1 rings (SSSR count). The van der Waals surface area contributed by atoms with E-state index in [0.29, 0.717) is 0 Å². The number of amides is 1. The molecule has 2 atom stereocenters. The summed E-state index contributed by atoms with van der Waals surface area (Å²) in [6, 6.07) is 9.57. The Morgan fingerprint density at radius 2 is 1.84 bits per heavy atom. The van der Waals surface area contributed by atoms with Gasteiger partial charge in [-0.1, -0.05) is 37.3 Å². The molecule has 0 heterocycles. The third-order valence-electron chi connectivity index (χ3n) is 3.12. The second kappa shape index (κ2) is 6.89. The van der Waals surface area contributed by atoms with E-state index in [1.807, 2.05) is 37.3 Å². The third kappa shape index (κ3) is 4.71. The second-order valence-electron chi connectivity index (χ2n) is 4.72. The monoisotopic (exact) mass is 264 g/mol. The Bertz CT molecular complexity index is 434. The zero-order valence-corrected chi connectivity index (χ0v) is 11.2. The van der Waals surface area contributed by atoms with Crippen molar-refractivity contribution in [1.82, 2.24) is 4.90 Å². The third-order valence-corrected chi connectivity index (χ3v) is 3.12. The van der Waals surface area contributed by atoms with E-state index in [0.717, 1.165) is 5.56 Å². The highest BCUT2D eigenvalue weighted by Gasteiger charge is 2.22. The fourth-order valence-corrected chi connectivity index (χ4v) is 1.93. The molecule has 1 aromatic rings. The number of aliphatic carboxylic acids is 1. The van der Waals surface area contributed by atoms with Gasteiger partial charge in [-0.15, -0.1) is 0 Å². The van der Waals surface area contributed by atoms with Crippen molar-refractivity contribution in [3.8, 4) is 0 Å². The van der Waals surface area contributed by atoms with Crippen LogP contribution >= 0.6 is 0 Å². The van der Waals surface area contributed by atoms with Gasteiger partial charge in [0.25, 0.3) is 0 Å². The average Bonchev–Trinajstić information content (AvgIpc) is 2.37. The van der Waals surface area contributed by atoms with Crippen molar-refractivity contribution >= 4 is 11.9 Å². The minimum Gasteiger partial charge on any atom is -0.481 e. The molecule has 0 saturated heterocycles. The maximum Gasteiger partial charge on any atom is 0.307 e. The molecule has 2 unspecified atom stereocenters. The highest BCUT2D eigenvalue weighted by molar-refractivity contribution is 5.76. The molecule has 0 radical (unpaired) electrons. The SMILES string of the molecule is CC(CN(CC(N)=O)C(C)c1ccccc1)C(=O)O. The van der Waals surface area contributed by atoms with Crippen molar-refractivity contribution in [1.29, 1.82) is 0 Å². The Labute approximate surface area is 113 Å². The van der Waals surface area contributed by atoms with Gasteiger partial charge < -0.3 is 10.8 Å². The van der Waals surface area contributed by atoms with E-state index >= 15 is 0 Å². The lowest BCUT2D eigenvalue weighted by Crippen LogP contribution is -2.39. The molecule has 19 heavy (non-hydrogen) atoms. The summed E-state index contributed by atoms with van der Waals surface area (Å²) in [6.07, 6.45) is 0. The van der Waals surface area contributed by atoms with Gasteiger partial charge in [0.15, 0.2) is 0 Å². The molecule has 3 N–H and O–H groups in total. The summed E-state index contributed by atoms with van der Waals surface area (Å²) in [4.78, 5) is 23.9. The minimum atomic E-state index is -0.880. The molecule has 0 spiro atoms. The van der Waals surface area contributed by atoms with Crippen LogP contribution in [0.3, 0.4) is 0 Å². The first kappa shape index (κ1) is 15.2. The number of carboxylic acid groups (broad SMARTS) is 1. The summed E-state index contributed by atoms with van der Waals surface area (Å²) in [5, 5.41) is 8.97. The van der Waals surface area contributed by atoms with Crippen LogP contribution in [0.25, 0.3) is 0 Å². The van der Waals surface area contributed by atoms with Crippen LogP contribution in [0.15, 0.2) is 30.3 Å². The maximum atomic E-state index is 11.1. The molecule has 5 heteroatoms. The number of benzene rings is 1. The van der Waals surface area contributed by atoms with Crippen molar-refractivity contribution in [2.75, 3.05) is 13.1 Å². The number of nitrogens with two attached hydrogens (primary N) is 1. The van der Waals surface area contributed by atoms with Crippen LogP contribution in [0.1, 0.15) is 25.5 Å². The van der Waals surface area contributed by atoms with Gasteiger partial charge >= 0.3 is 5.97 Å². The summed E-state index contributed by atoms with van der Waals surface area (Å²) < 4.78 is 0. The molecule has 0 saturated carbocycles. The number of carbonyl (C=O) groups excluding carboxylic acids is 1. The van der Waals surface area contributed by atoms with Crippen LogP contribution in [0.2, 0.25) is 0 Å². The molecule has 0 aromatic heterocycles. The van der Waals surface area contributed by atoms with Gasteiger partial charge in [0.2, 0.25) is 5.91 Å². The molecule has 0 aliphatic carbocycles. The Morgan fingerprint density at radius 1 is 1.26 bits per heavy atom. The highest BCUT2D eigenvalue weighted by Crippen LogP contribution is 2.20. The van der Waals surface area contributed by atoms with Crippen LogP contribution in [0.5, 0.6) is 0 Å². The van der Waals surface area contributed by atoms with Crippen LogP contribution in [0, 0.1) is 5.92 Å². The van der Waals surface area contributed by atoms with Crippen LogP contribution in [-0.4, -0.2) is 35.0 Å². The predicted molar refractivity (Wildman–Crippen MR) is 72.4 cm³/mol. The number of nitrogens with zero attached hydrogens (tertiary/aromatic N) is 1. The molecule has 0 bridgehead atoms. The first-order valence-corrected chi connectivity index (χ1v) is 6.22. The van der Waals surface area contributed by atoms with Crippen LogP contribution in [-0.2, 0) is 9.59 Å². The van der Waals surface area contributed by atoms with Gasteiger partial charge in [-0.2, -0.15) is 0 Å². The van der Waals surface area contributed by atoms with Gasteiger partial charge in [0, 0.05) is 12.6 Å². The van der Waals surface area contributed by atoms with Gasteiger partial charge in [-0.05, 0) is 12.5 Å². The van der Waals surface area contributed by atoms with E-state index in [9.17, 15) is 9.59 Å². The van der Waals surface area contributed by atoms with E-state index in [1.165, 1.54) is 0 Å². The fourth-order valence-electron chi connectivity index (χ4n) is 1.93. The first-order valence-electron chi connectivity index (χ1n) is 6.22. The van der Waals surface area contributed by atoms with Gasteiger partial charge in [-0.25, -0.2) is 0 Å². The minimum absolute atomic E-state index is 0.0493. The molecule has 1 aromatic carbocycles. The smallest absolute Gasteiger partial charge is 0.307 e. The number of hydrogen-bond donors (Lipinski definition) is 2. The molecular formula is C14H20N2O3. The van der Waals surface area contributed by atoms with Crippen LogP contribution in [0.4, 0.5) is 0 Å². The van der Waals surface area contributed by atoms with Crippen LogP contribution < -0.4 is 5.73 Å². The highest BCUT2D eigenvalue weighted by atomic mass is 16.4. The quantitative estimate of drug-likeness (QED) is 0.776. The van der Waals surface area contributed by atoms with Crippen molar-refractivity contribution in [2.45, 2.75) is 19.9 Å². The summed E-state index contributed by atoms with van der Waals surface area (Å²) >= 11 is 0. The van der Waals surface area contributed by atoms with E-state index in [-0.39, 0.29) is 19.1 Å². The van der Waals surface area contributed by atoms with Crippen molar-refractivity contribution < 1.29 is 14.7 Å². The van der Waals surface area contributed by atoms with E-state index < -0.39 is 17.8 Å². The van der Waals surface area contributed by atoms with Crippen molar-refractivity contribution in [3.05, 3.63) is 35.9 Å². The summed E-state index contributed by atoms with van der Waals surface area (Å²) in [6.45, 7) is 3.89. The second-order valence-corrected chi connectivity index (χ2v) is 4.72. The lowest BCUT2D eigenvalue weighted by molar-refractivity contribution is -0.142. The zero-order chi connectivity index (χ0) is 14.4. The summed E-state index contributed by atoms with van der Waals surface area (Å²) in [5.41, 5.74) is 6.26. The summed E-state index contributed by atoms with van der Waals surface area (Å²) in [5.74, 6) is -1.89. The molecule has 104 valence electrons. The fraction of sp³-hybridized carbons (Fsp3) is 0.429. The normalized spacial score (nSPS) is 14.1. The molecule has 5 nitrogen and oxygen atoms in total. The predicted octanol–water partition coefficient (Wildman–Crippen LogP) is 1.26. The molecule has 0 fully saturated rings. The standard InChI is InChI=1S/C14H20N2O3/c1-10(14(18)19)8-16(9-13(15)17)11(2)12-6-4-3-5-7-12/h3-7,10-11H,8-9H2,1-2H3,(H2,15,17)(H,18,19). The van der Waals surface area contributed by atoms with Crippen molar-refractivity contribution in [2.24, 2.45) is 11.7 Å². The zero-order valence-electron chi connectivity index (χ0n) is 11.2. The molecule has 1 amide bonds. The van der Waals surface area contributed by atoms with E-state index in [1.54, 1.807) is 11.8 Å². The number of carboxylic acids is 1. The number of primary amides is 1. The van der Waals surface area contributed by atoms with E-state index in [4.69, 9.17) is 10.8 Å². The Balaban J connectivity index is 2.84. The molecule has 0 aliphatic heterocycles. The maximum absolute atomic E-state index is 11.1. The largest absolute Gasteiger partial charge is 0.481 e. The average molecular weight is 264 g/mol. The van der Waals surface area contributed by atoms with Gasteiger partial charge in [0.1, 0.15) is 0 Å². The summed E-state index contributed by atoms with van der Waals surface area (Å²) in [7, 11) is 0. The lowest BCUT2D eigenvalue weighted by Gasteiger charge is -2.29. The Hall–Kier alpha value is -1.88. The molecule has 0 aliphatic rings.